The van der Waals surface area contributed by atoms with Crippen LogP contribution in [0.3, 0.4) is 0 Å². The van der Waals surface area contributed by atoms with Gasteiger partial charge in [-0.15, -0.1) is 0 Å². The lowest BCUT2D eigenvalue weighted by atomic mass is 10.3. The number of hydrogen-bond donors (Lipinski definition) is 2. The van der Waals surface area contributed by atoms with Crippen LogP contribution >= 0.6 is 0 Å². The van der Waals surface area contributed by atoms with E-state index in [0.29, 0.717) is 12.5 Å². The summed E-state index contributed by atoms with van der Waals surface area (Å²) in [6.45, 7) is 3.70. The second-order valence-corrected chi connectivity index (χ2v) is 9.74. The van der Waals surface area contributed by atoms with E-state index in [4.69, 9.17) is 5.11 Å². The van der Waals surface area contributed by atoms with E-state index in [-0.39, 0.29) is 12.2 Å². The summed E-state index contributed by atoms with van der Waals surface area (Å²) in [6.07, 6.45) is 0.376. The van der Waals surface area contributed by atoms with Crippen molar-refractivity contribution in [3.63, 3.8) is 0 Å². The van der Waals surface area contributed by atoms with Gasteiger partial charge in [0.25, 0.3) is 0 Å². The lowest BCUT2D eigenvalue weighted by molar-refractivity contribution is -0.137. The van der Waals surface area contributed by atoms with Gasteiger partial charge in [-0.05, 0) is 38.5 Å². The number of carboxylic acid groups (broad SMARTS) is 1. The van der Waals surface area contributed by atoms with Gasteiger partial charge in [0.15, 0.2) is 0 Å². The van der Waals surface area contributed by atoms with Crippen molar-refractivity contribution in [2.75, 3.05) is 17.8 Å². The molecule has 142 valence electrons. The van der Waals surface area contributed by atoms with Crippen LogP contribution in [0.2, 0.25) is 0 Å². The van der Waals surface area contributed by atoms with Crippen molar-refractivity contribution in [2.24, 2.45) is 0 Å². The fraction of sp³-hybridized carbons (Fsp3) is 0.500. The Morgan fingerprint density at radius 2 is 1.88 bits per heavy atom. The van der Waals surface area contributed by atoms with Crippen LogP contribution in [0.4, 0.5) is 10.1 Å². The topological polar surface area (TPSA) is 121 Å². The maximum atomic E-state index is 14.2. The molecule has 25 heavy (non-hydrogen) atoms. The van der Waals surface area contributed by atoms with Crippen molar-refractivity contribution in [1.82, 2.24) is 4.31 Å². The monoisotopic (exact) mass is 396 g/mol. The van der Waals surface area contributed by atoms with Crippen LogP contribution in [0.15, 0.2) is 23.1 Å². The number of aliphatic carboxylic acids is 1. The molecular formula is C14H21FN2O6S2. The van der Waals surface area contributed by atoms with Gasteiger partial charge in [0.1, 0.15) is 12.4 Å². The van der Waals surface area contributed by atoms with Crippen molar-refractivity contribution in [2.45, 2.75) is 37.3 Å². The van der Waals surface area contributed by atoms with Crippen molar-refractivity contribution in [3.8, 4) is 0 Å². The zero-order valence-corrected chi connectivity index (χ0v) is 15.7. The molecule has 0 aliphatic carbocycles. The lowest BCUT2D eigenvalue weighted by Crippen LogP contribution is -2.36. The molecule has 0 atom stereocenters. The molecular weight excluding hydrogens is 375 g/mol. The van der Waals surface area contributed by atoms with Gasteiger partial charge < -0.3 is 5.11 Å². The van der Waals surface area contributed by atoms with Gasteiger partial charge in [-0.2, -0.15) is 4.31 Å². The first-order valence-corrected chi connectivity index (χ1v) is 10.4. The van der Waals surface area contributed by atoms with E-state index in [1.54, 1.807) is 6.92 Å². The van der Waals surface area contributed by atoms with E-state index in [1.807, 2.05) is 4.72 Å². The molecule has 0 radical (unpaired) electrons. The first-order valence-electron chi connectivity index (χ1n) is 7.45. The minimum atomic E-state index is -4.22. The van der Waals surface area contributed by atoms with Crippen LogP contribution in [-0.4, -0.2) is 50.6 Å². The zero-order valence-electron chi connectivity index (χ0n) is 14.1. The summed E-state index contributed by atoms with van der Waals surface area (Å²) in [6, 6.07) is 2.69. The second kappa shape index (κ2) is 8.11. The molecule has 1 rings (SSSR count). The standard InChI is InChI=1S/C14H21FN2O6S2/c1-4-7-17(9-14(18)19)25(22,23)11-5-6-13(12(15)8-11)16-24(20,21)10(2)3/h5-6,8,10,16H,4,7,9H2,1-3H3,(H,18,19). The fourth-order valence-corrected chi connectivity index (χ4v) is 4.05. The highest BCUT2D eigenvalue weighted by molar-refractivity contribution is 7.93. The van der Waals surface area contributed by atoms with Crippen molar-refractivity contribution < 1.29 is 31.1 Å². The third-order valence-electron chi connectivity index (χ3n) is 3.24. The predicted octanol–water partition coefficient (Wildman–Crippen LogP) is 1.46. The third kappa shape index (κ3) is 5.38. The number of halogens is 1. The summed E-state index contributed by atoms with van der Waals surface area (Å²) >= 11 is 0. The van der Waals surface area contributed by atoms with Crippen molar-refractivity contribution in [3.05, 3.63) is 24.0 Å². The van der Waals surface area contributed by atoms with Gasteiger partial charge in [0.2, 0.25) is 20.0 Å². The van der Waals surface area contributed by atoms with Crippen LogP contribution < -0.4 is 4.72 Å². The molecule has 11 heteroatoms. The Hall–Kier alpha value is -1.72. The minimum Gasteiger partial charge on any atom is -0.480 e. The van der Waals surface area contributed by atoms with Crippen molar-refractivity contribution >= 4 is 31.7 Å². The average Bonchev–Trinajstić information content (AvgIpc) is 2.48. The summed E-state index contributed by atoms with van der Waals surface area (Å²) < 4.78 is 65.4. The molecule has 0 heterocycles. The molecule has 0 bridgehead atoms. The molecule has 0 amide bonds. The molecule has 1 aromatic rings. The number of carbonyl (C=O) groups is 1. The quantitative estimate of drug-likeness (QED) is 0.652. The molecule has 0 fully saturated rings. The number of carboxylic acids is 1. The summed E-state index contributed by atoms with van der Waals surface area (Å²) in [7, 11) is -8.01. The molecule has 0 saturated carbocycles. The molecule has 0 aromatic heterocycles. The van der Waals surface area contributed by atoms with Crippen molar-refractivity contribution in [1.29, 1.82) is 0 Å². The maximum absolute atomic E-state index is 14.2. The Morgan fingerprint density at radius 3 is 2.32 bits per heavy atom. The third-order valence-corrected chi connectivity index (χ3v) is 6.82. The van der Waals surface area contributed by atoms with E-state index in [2.05, 4.69) is 0 Å². The van der Waals surface area contributed by atoms with E-state index in [0.717, 1.165) is 16.4 Å². The van der Waals surface area contributed by atoms with Gasteiger partial charge in [-0.25, -0.2) is 21.2 Å². The summed E-state index contributed by atoms with van der Waals surface area (Å²) in [4.78, 5) is 10.4. The molecule has 0 aliphatic heterocycles. The second-order valence-electron chi connectivity index (χ2n) is 5.57. The average molecular weight is 396 g/mol. The Kier molecular flexibility index (Phi) is 6.91. The number of sulfonamides is 2. The predicted molar refractivity (Wildman–Crippen MR) is 90.8 cm³/mol. The molecule has 0 saturated heterocycles. The largest absolute Gasteiger partial charge is 0.480 e. The highest BCUT2D eigenvalue weighted by Gasteiger charge is 2.27. The normalized spacial score (nSPS) is 12.6. The molecule has 0 unspecified atom stereocenters. The highest BCUT2D eigenvalue weighted by Crippen LogP contribution is 2.23. The zero-order chi connectivity index (χ0) is 19.4. The van der Waals surface area contributed by atoms with E-state index >= 15 is 0 Å². The fourth-order valence-electron chi connectivity index (χ4n) is 1.84. The Balaban J connectivity index is 3.22. The number of rotatable bonds is 9. The van der Waals surface area contributed by atoms with Crippen LogP contribution in [0.5, 0.6) is 0 Å². The van der Waals surface area contributed by atoms with Gasteiger partial charge in [-0.3, -0.25) is 9.52 Å². The van der Waals surface area contributed by atoms with E-state index in [1.165, 1.54) is 13.8 Å². The summed E-state index contributed by atoms with van der Waals surface area (Å²) in [5, 5.41) is 8.04. The smallest absolute Gasteiger partial charge is 0.318 e. The van der Waals surface area contributed by atoms with Gasteiger partial charge in [0, 0.05) is 6.54 Å². The molecule has 1 aromatic carbocycles. The SMILES string of the molecule is CCCN(CC(=O)O)S(=O)(=O)c1ccc(NS(=O)(=O)C(C)C)c(F)c1. The minimum absolute atomic E-state index is 0.0437. The highest BCUT2D eigenvalue weighted by atomic mass is 32.2. The number of benzene rings is 1. The van der Waals surface area contributed by atoms with Crippen LogP contribution in [0.1, 0.15) is 27.2 Å². The van der Waals surface area contributed by atoms with Gasteiger partial charge >= 0.3 is 5.97 Å². The Bertz CT molecular complexity index is 837. The first-order chi connectivity index (χ1) is 11.4. The Morgan fingerprint density at radius 1 is 1.28 bits per heavy atom. The first kappa shape index (κ1) is 21.3. The maximum Gasteiger partial charge on any atom is 0.318 e. The summed E-state index contributed by atoms with van der Waals surface area (Å²) in [5.74, 6) is -2.41. The molecule has 0 spiro atoms. The van der Waals surface area contributed by atoms with E-state index in [9.17, 15) is 26.0 Å². The molecule has 0 aliphatic rings. The Labute approximate surface area is 146 Å². The van der Waals surface area contributed by atoms with Gasteiger partial charge in [0.05, 0.1) is 15.8 Å². The number of nitrogens with zero attached hydrogens (tertiary/aromatic N) is 1. The van der Waals surface area contributed by atoms with Crippen LogP contribution in [-0.2, 0) is 24.8 Å². The van der Waals surface area contributed by atoms with Crippen LogP contribution in [0.25, 0.3) is 0 Å². The summed E-state index contributed by atoms with van der Waals surface area (Å²) in [5.41, 5.74) is -0.382. The van der Waals surface area contributed by atoms with Gasteiger partial charge in [-0.1, -0.05) is 6.92 Å². The molecule has 2 N–H and O–H groups in total. The molecule has 8 nitrogen and oxygen atoms in total. The van der Waals surface area contributed by atoms with Crippen LogP contribution in [0, 0.1) is 5.82 Å². The number of hydrogen-bond acceptors (Lipinski definition) is 5. The number of nitrogens with one attached hydrogen (secondary N) is 1. The van der Waals surface area contributed by atoms with E-state index < -0.39 is 48.5 Å². The lowest BCUT2D eigenvalue weighted by Gasteiger charge is -2.20. The number of anilines is 1.